The third-order valence-electron chi connectivity index (χ3n) is 2.13. The average molecular weight is 229 g/mol. The number of hydrogen-bond acceptors (Lipinski definition) is 2. The van der Waals surface area contributed by atoms with E-state index in [0.29, 0.717) is 26.1 Å². The van der Waals surface area contributed by atoms with Gasteiger partial charge in [-0.15, -0.1) is 0 Å². The molecule has 0 unspecified atom stereocenters. The predicted octanol–water partition coefficient (Wildman–Crippen LogP) is 1.18. The second-order valence-electron chi connectivity index (χ2n) is 3.28. The summed E-state index contributed by atoms with van der Waals surface area (Å²) in [4.78, 5) is 10.8. The quantitative estimate of drug-likeness (QED) is 0.738. The zero-order valence-corrected chi connectivity index (χ0v) is 7.81. The third kappa shape index (κ3) is 3.05. The van der Waals surface area contributed by atoms with Gasteiger partial charge in [-0.3, -0.25) is 4.79 Å². The van der Waals surface area contributed by atoms with Crippen molar-refractivity contribution in [3.63, 3.8) is 0 Å². The molecule has 1 saturated heterocycles. The van der Waals surface area contributed by atoms with E-state index in [4.69, 9.17) is 4.74 Å². The van der Waals surface area contributed by atoms with Crippen molar-refractivity contribution in [3.05, 3.63) is 0 Å². The van der Waals surface area contributed by atoms with Crippen LogP contribution in [-0.2, 0) is 9.53 Å². The number of amides is 1. The van der Waals surface area contributed by atoms with Gasteiger partial charge in [-0.2, -0.15) is 8.78 Å². The van der Waals surface area contributed by atoms with Crippen LogP contribution in [0, 0.1) is 0 Å². The molecule has 0 saturated carbocycles. The van der Waals surface area contributed by atoms with E-state index in [9.17, 15) is 22.4 Å². The summed E-state index contributed by atoms with van der Waals surface area (Å²) in [7, 11) is 0. The van der Waals surface area contributed by atoms with Crippen molar-refractivity contribution in [2.24, 2.45) is 0 Å². The zero-order valence-electron chi connectivity index (χ0n) is 7.81. The zero-order chi connectivity index (χ0) is 11.5. The molecule has 0 aromatic rings. The molecule has 1 aliphatic heterocycles. The first-order valence-electron chi connectivity index (χ1n) is 4.49. The summed E-state index contributed by atoms with van der Waals surface area (Å²) in [6, 6.07) is -0.504. The molecule has 1 amide bonds. The number of carbonyl (C=O) groups excluding carboxylic acids is 1. The normalized spacial score (nSPS) is 19.3. The molecular formula is C8H11F4NO2. The number of halogens is 4. The predicted molar refractivity (Wildman–Crippen MR) is 42.9 cm³/mol. The fraction of sp³-hybridized carbons (Fsp3) is 0.875. The maximum absolute atomic E-state index is 12.5. The second-order valence-corrected chi connectivity index (χ2v) is 3.28. The lowest BCUT2D eigenvalue weighted by Gasteiger charge is -2.25. The molecule has 1 fully saturated rings. The van der Waals surface area contributed by atoms with Crippen molar-refractivity contribution in [1.82, 2.24) is 5.32 Å². The Morgan fingerprint density at radius 1 is 1.33 bits per heavy atom. The van der Waals surface area contributed by atoms with Crippen molar-refractivity contribution < 1.29 is 27.1 Å². The summed E-state index contributed by atoms with van der Waals surface area (Å²) < 4.78 is 53.5. The van der Waals surface area contributed by atoms with E-state index < -0.39 is 24.3 Å². The van der Waals surface area contributed by atoms with E-state index in [1.54, 1.807) is 0 Å². The van der Waals surface area contributed by atoms with E-state index >= 15 is 0 Å². The monoisotopic (exact) mass is 229 g/mol. The molecule has 0 spiro atoms. The number of rotatable bonds is 3. The SMILES string of the molecule is O=C(NC1CCOCC1)C(F)(F)C(F)F. The minimum Gasteiger partial charge on any atom is -0.381 e. The smallest absolute Gasteiger partial charge is 0.381 e. The van der Waals surface area contributed by atoms with E-state index in [0.717, 1.165) is 0 Å². The van der Waals surface area contributed by atoms with Crippen molar-refractivity contribution in [3.8, 4) is 0 Å². The van der Waals surface area contributed by atoms with Gasteiger partial charge in [-0.05, 0) is 12.8 Å². The van der Waals surface area contributed by atoms with Crippen LogP contribution in [0.1, 0.15) is 12.8 Å². The van der Waals surface area contributed by atoms with Crippen LogP contribution >= 0.6 is 0 Å². The fourth-order valence-electron chi connectivity index (χ4n) is 1.22. The lowest BCUT2D eigenvalue weighted by Crippen LogP contribution is -2.50. The van der Waals surface area contributed by atoms with Crippen molar-refractivity contribution in [2.45, 2.75) is 31.2 Å². The fourth-order valence-corrected chi connectivity index (χ4v) is 1.22. The van der Waals surface area contributed by atoms with Crippen molar-refractivity contribution >= 4 is 5.91 Å². The molecule has 0 bridgehead atoms. The Balaban J connectivity index is 2.46. The number of alkyl halides is 4. The van der Waals surface area contributed by atoms with Gasteiger partial charge in [-0.1, -0.05) is 0 Å². The molecule has 1 N–H and O–H groups in total. The number of nitrogens with one attached hydrogen (secondary N) is 1. The van der Waals surface area contributed by atoms with Gasteiger partial charge in [0.05, 0.1) is 0 Å². The number of ether oxygens (including phenoxy) is 1. The average Bonchev–Trinajstić information content (AvgIpc) is 2.18. The molecule has 3 nitrogen and oxygen atoms in total. The van der Waals surface area contributed by atoms with Gasteiger partial charge in [0.1, 0.15) is 0 Å². The highest BCUT2D eigenvalue weighted by atomic mass is 19.3. The standard InChI is InChI=1S/C8H11F4NO2/c9-6(10)8(11,12)7(14)13-5-1-3-15-4-2-5/h5-6H,1-4H2,(H,13,14). The van der Waals surface area contributed by atoms with Gasteiger partial charge in [-0.25, -0.2) is 8.78 Å². The molecule has 0 atom stereocenters. The van der Waals surface area contributed by atoms with Crippen molar-refractivity contribution in [1.29, 1.82) is 0 Å². The van der Waals surface area contributed by atoms with Gasteiger partial charge >= 0.3 is 12.3 Å². The summed E-state index contributed by atoms with van der Waals surface area (Å²) >= 11 is 0. The summed E-state index contributed by atoms with van der Waals surface area (Å²) in [5, 5.41) is 1.89. The maximum Gasteiger partial charge on any atom is 0.383 e. The molecule has 1 rings (SSSR count). The van der Waals surface area contributed by atoms with Gasteiger partial charge in [0.2, 0.25) is 0 Å². The first-order chi connectivity index (χ1) is 6.94. The Kier molecular flexibility index (Phi) is 3.90. The molecule has 0 aromatic heterocycles. The van der Waals surface area contributed by atoms with Crippen molar-refractivity contribution in [2.75, 3.05) is 13.2 Å². The Morgan fingerprint density at radius 3 is 2.33 bits per heavy atom. The Hall–Kier alpha value is -0.850. The molecule has 7 heteroatoms. The van der Waals surface area contributed by atoms with E-state index in [-0.39, 0.29) is 0 Å². The summed E-state index contributed by atoms with van der Waals surface area (Å²) in [6.07, 6.45) is -3.24. The second kappa shape index (κ2) is 4.78. The summed E-state index contributed by atoms with van der Waals surface area (Å²) in [5.74, 6) is -6.53. The molecule has 88 valence electrons. The van der Waals surface area contributed by atoms with E-state index in [2.05, 4.69) is 0 Å². The van der Waals surface area contributed by atoms with Crippen LogP contribution in [0.2, 0.25) is 0 Å². The molecule has 15 heavy (non-hydrogen) atoms. The van der Waals surface area contributed by atoms with Gasteiger partial charge in [0.15, 0.2) is 0 Å². The Labute approximate surface area is 83.8 Å². The van der Waals surface area contributed by atoms with Crippen LogP contribution in [0.3, 0.4) is 0 Å². The molecule has 0 aliphatic carbocycles. The van der Waals surface area contributed by atoms with Crippen LogP contribution < -0.4 is 5.32 Å². The molecule has 1 aliphatic rings. The lowest BCUT2D eigenvalue weighted by molar-refractivity contribution is -0.170. The molecule has 0 aromatic carbocycles. The highest BCUT2D eigenvalue weighted by molar-refractivity contribution is 5.84. The van der Waals surface area contributed by atoms with Crippen LogP contribution in [0.25, 0.3) is 0 Å². The van der Waals surface area contributed by atoms with Gasteiger partial charge < -0.3 is 10.1 Å². The lowest BCUT2D eigenvalue weighted by atomic mass is 10.1. The third-order valence-corrected chi connectivity index (χ3v) is 2.13. The minimum absolute atomic E-state index is 0.338. The Morgan fingerprint density at radius 2 is 1.87 bits per heavy atom. The number of carbonyl (C=O) groups is 1. The van der Waals surface area contributed by atoms with Crippen LogP contribution in [0.4, 0.5) is 17.6 Å². The topological polar surface area (TPSA) is 38.3 Å². The number of hydrogen-bond donors (Lipinski definition) is 1. The Bertz CT molecular complexity index is 229. The highest BCUT2D eigenvalue weighted by Gasteiger charge is 2.49. The molecular weight excluding hydrogens is 218 g/mol. The largest absolute Gasteiger partial charge is 0.383 e. The molecule has 1 heterocycles. The van der Waals surface area contributed by atoms with Gasteiger partial charge in [0, 0.05) is 19.3 Å². The first-order valence-corrected chi connectivity index (χ1v) is 4.49. The minimum atomic E-state index is -4.61. The van der Waals surface area contributed by atoms with Crippen LogP contribution in [0.15, 0.2) is 0 Å². The highest BCUT2D eigenvalue weighted by Crippen LogP contribution is 2.23. The first kappa shape index (κ1) is 12.2. The van der Waals surface area contributed by atoms with Crippen LogP contribution in [-0.4, -0.2) is 37.5 Å². The van der Waals surface area contributed by atoms with E-state index in [1.807, 2.05) is 5.32 Å². The van der Waals surface area contributed by atoms with Crippen LogP contribution in [0.5, 0.6) is 0 Å². The molecule has 0 radical (unpaired) electrons. The van der Waals surface area contributed by atoms with Gasteiger partial charge in [0.25, 0.3) is 5.91 Å². The summed E-state index contributed by atoms with van der Waals surface area (Å²) in [5.41, 5.74) is 0. The summed E-state index contributed by atoms with van der Waals surface area (Å²) in [6.45, 7) is 0.677. The van der Waals surface area contributed by atoms with E-state index in [1.165, 1.54) is 0 Å². The maximum atomic E-state index is 12.5.